The van der Waals surface area contributed by atoms with Crippen molar-refractivity contribution in [1.82, 2.24) is 5.32 Å². The average Bonchev–Trinajstić information content (AvgIpc) is 2.53. The molecule has 2 unspecified atom stereocenters. The van der Waals surface area contributed by atoms with E-state index in [1.165, 1.54) is 42.0 Å². The molecule has 0 heterocycles. The fourth-order valence-corrected chi connectivity index (χ4v) is 3.45. The summed E-state index contributed by atoms with van der Waals surface area (Å²) in [5, 5.41) is 6.44. The molecule has 1 aliphatic carbocycles. The molecule has 0 aromatic heterocycles. The maximum atomic E-state index is 5.91. The predicted molar refractivity (Wildman–Crippen MR) is 85.6 cm³/mol. The van der Waals surface area contributed by atoms with Crippen LogP contribution < -0.4 is 11.1 Å². The Labute approximate surface area is 121 Å². The second-order valence-electron chi connectivity index (χ2n) is 5.91. The van der Waals surface area contributed by atoms with E-state index in [2.05, 4.69) is 47.8 Å². The van der Waals surface area contributed by atoms with Crippen LogP contribution in [0.4, 0.5) is 0 Å². The molecular formula is C18H24N2. The summed E-state index contributed by atoms with van der Waals surface area (Å²) in [4.78, 5) is 0. The molecule has 2 nitrogen and oxygen atoms in total. The Hall–Kier alpha value is -1.38. The normalized spacial score (nSPS) is 23.1. The Morgan fingerprint density at radius 3 is 2.70 bits per heavy atom. The standard InChI is InChI=1S/C18H24N2/c19-12-15-7-2-4-11-18(15)20-13-16-9-5-8-14-6-1-3-10-17(14)16/h1,3,5-6,8-10,15,18,20H,2,4,7,11-13,19H2. The quantitative estimate of drug-likeness (QED) is 0.891. The van der Waals surface area contributed by atoms with Crippen LogP contribution >= 0.6 is 0 Å². The molecule has 106 valence electrons. The molecular weight excluding hydrogens is 244 g/mol. The van der Waals surface area contributed by atoms with E-state index >= 15 is 0 Å². The van der Waals surface area contributed by atoms with Crippen LogP contribution in [0.3, 0.4) is 0 Å². The first kappa shape index (κ1) is 13.6. The molecule has 20 heavy (non-hydrogen) atoms. The highest BCUT2D eigenvalue weighted by molar-refractivity contribution is 5.85. The lowest BCUT2D eigenvalue weighted by Crippen LogP contribution is -2.41. The lowest BCUT2D eigenvalue weighted by atomic mass is 9.84. The minimum atomic E-state index is 0.590. The summed E-state index contributed by atoms with van der Waals surface area (Å²) in [7, 11) is 0. The molecule has 0 amide bonds. The zero-order valence-electron chi connectivity index (χ0n) is 12.0. The number of hydrogen-bond acceptors (Lipinski definition) is 2. The van der Waals surface area contributed by atoms with Crippen molar-refractivity contribution in [3.05, 3.63) is 48.0 Å². The van der Waals surface area contributed by atoms with E-state index in [1.807, 2.05) is 0 Å². The van der Waals surface area contributed by atoms with Crippen LogP contribution in [0, 0.1) is 5.92 Å². The Morgan fingerprint density at radius 2 is 1.80 bits per heavy atom. The molecule has 0 aliphatic heterocycles. The van der Waals surface area contributed by atoms with Crippen LogP contribution in [0.5, 0.6) is 0 Å². The lowest BCUT2D eigenvalue weighted by molar-refractivity contribution is 0.267. The highest BCUT2D eigenvalue weighted by Gasteiger charge is 2.23. The minimum Gasteiger partial charge on any atom is -0.330 e. The van der Waals surface area contributed by atoms with Crippen LogP contribution in [0.25, 0.3) is 10.8 Å². The van der Waals surface area contributed by atoms with E-state index < -0.39 is 0 Å². The molecule has 2 aromatic rings. The molecule has 3 rings (SSSR count). The first-order valence-corrected chi connectivity index (χ1v) is 7.78. The Balaban J connectivity index is 1.73. The molecule has 0 spiro atoms. The maximum absolute atomic E-state index is 5.91. The second-order valence-corrected chi connectivity index (χ2v) is 5.91. The molecule has 1 saturated carbocycles. The van der Waals surface area contributed by atoms with Gasteiger partial charge in [0.15, 0.2) is 0 Å². The average molecular weight is 268 g/mol. The molecule has 1 aliphatic rings. The van der Waals surface area contributed by atoms with Gasteiger partial charge in [-0.05, 0) is 41.6 Å². The number of rotatable bonds is 4. The van der Waals surface area contributed by atoms with E-state index in [4.69, 9.17) is 5.73 Å². The summed E-state index contributed by atoms with van der Waals surface area (Å²) < 4.78 is 0. The van der Waals surface area contributed by atoms with Crippen molar-refractivity contribution in [3.8, 4) is 0 Å². The highest BCUT2D eigenvalue weighted by atomic mass is 14.9. The van der Waals surface area contributed by atoms with Crippen molar-refractivity contribution >= 4 is 10.8 Å². The molecule has 2 heteroatoms. The summed E-state index contributed by atoms with van der Waals surface area (Å²) in [5.41, 5.74) is 7.31. The van der Waals surface area contributed by atoms with Gasteiger partial charge in [0.2, 0.25) is 0 Å². The fourth-order valence-electron chi connectivity index (χ4n) is 3.45. The summed E-state index contributed by atoms with van der Waals surface area (Å²) in [6.07, 6.45) is 5.23. The van der Waals surface area contributed by atoms with Crippen LogP contribution in [-0.2, 0) is 6.54 Å². The third kappa shape index (κ3) is 2.87. The molecule has 2 atom stereocenters. The van der Waals surface area contributed by atoms with Gasteiger partial charge in [-0.25, -0.2) is 0 Å². The zero-order chi connectivity index (χ0) is 13.8. The van der Waals surface area contributed by atoms with E-state index in [0.29, 0.717) is 12.0 Å². The van der Waals surface area contributed by atoms with Gasteiger partial charge in [0, 0.05) is 12.6 Å². The number of benzene rings is 2. The van der Waals surface area contributed by atoms with E-state index in [0.717, 1.165) is 13.1 Å². The van der Waals surface area contributed by atoms with Gasteiger partial charge in [-0.2, -0.15) is 0 Å². The third-order valence-electron chi connectivity index (χ3n) is 4.65. The predicted octanol–water partition coefficient (Wildman–Crippen LogP) is 3.45. The van der Waals surface area contributed by atoms with Crippen molar-refractivity contribution in [1.29, 1.82) is 0 Å². The third-order valence-corrected chi connectivity index (χ3v) is 4.65. The van der Waals surface area contributed by atoms with Gasteiger partial charge in [-0.15, -0.1) is 0 Å². The summed E-state index contributed by atoms with van der Waals surface area (Å²) >= 11 is 0. The fraction of sp³-hybridized carbons (Fsp3) is 0.444. The van der Waals surface area contributed by atoms with Crippen LogP contribution in [0.1, 0.15) is 31.2 Å². The van der Waals surface area contributed by atoms with Gasteiger partial charge < -0.3 is 11.1 Å². The van der Waals surface area contributed by atoms with Crippen molar-refractivity contribution in [2.24, 2.45) is 11.7 Å². The Morgan fingerprint density at radius 1 is 1.00 bits per heavy atom. The first-order valence-electron chi connectivity index (χ1n) is 7.78. The monoisotopic (exact) mass is 268 g/mol. The number of fused-ring (bicyclic) bond motifs is 1. The molecule has 0 radical (unpaired) electrons. The van der Waals surface area contributed by atoms with Crippen molar-refractivity contribution < 1.29 is 0 Å². The molecule has 0 saturated heterocycles. The van der Waals surface area contributed by atoms with Gasteiger partial charge in [-0.1, -0.05) is 55.3 Å². The summed E-state index contributed by atoms with van der Waals surface area (Å²) in [5.74, 6) is 0.652. The van der Waals surface area contributed by atoms with Gasteiger partial charge in [-0.3, -0.25) is 0 Å². The molecule has 3 N–H and O–H groups in total. The number of nitrogens with two attached hydrogens (primary N) is 1. The van der Waals surface area contributed by atoms with Gasteiger partial charge in [0.05, 0.1) is 0 Å². The zero-order valence-corrected chi connectivity index (χ0v) is 12.0. The van der Waals surface area contributed by atoms with Gasteiger partial charge in [0.25, 0.3) is 0 Å². The van der Waals surface area contributed by atoms with Gasteiger partial charge in [0.1, 0.15) is 0 Å². The Bertz CT molecular complexity index is 559. The SMILES string of the molecule is NCC1CCCCC1NCc1cccc2ccccc12. The molecule has 0 bridgehead atoms. The molecule has 2 aromatic carbocycles. The smallest absolute Gasteiger partial charge is 0.0214 e. The maximum Gasteiger partial charge on any atom is 0.0214 e. The highest BCUT2D eigenvalue weighted by Crippen LogP contribution is 2.24. The number of nitrogens with one attached hydrogen (secondary N) is 1. The summed E-state index contributed by atoms with van der Waals surface area (Å²) in [6.45, 7) is 1.76. The summed E-state index contributed by atoms with van der Waals surface area (Å²) in [6, 6.07) is 15.8. The van der Waals surface area contributed by atoms with Crippen LogP contribution in [0.2, 0.25) is 0 Å². The van der Waals surface area contributed by atoms with Crippen molar-refractivity contribution in [3.63, 3.8) is 0 Å². The topological polar surface area (TPSA) is 38.0 Å². The molecule has 1 fully saturated rings. The number of hydrogen-bond donors (Lipinski definition) is 2. The van der Waals surface area contributed by atoms with Gasteiger partial charge >= 0.3 is 0 Å². The lowest BCUT2D eigenvalue weighted by Gasteiger charge is -2.31. The minimum absolute atomic E-state index is 0.590. The van der Waals surface area contributed by atoms with Crippen LogP contribution in [-0.4, -0.2) is 12.6 Å². The van der Waals surface area contributed by atoms with E-state index in [1.54, 1.807) is 0 Å². The van der Waals surface area contributed by atoms with Crippen molar-refractivity contribution in [2.45, 2.75) is 38.3 Å². The first-order chi connectivity index (χ1) is 9.88. The second kappa shape index (κ2) is 6.38. The largest absolute Gasteiger partial charge is 0.330 e. The van der Waals surface area contributed by atoms with Crippen molar-refractivity contribution in [2.75, 3.05) is 6.54 Å². The van der Waals surface area contributed by atoms with E-state index in [-0.39, 0.29) is 0 Å². The van der Waals surface area contributed by atoms with Crippen LogP contribution in [0.15, 0.2) is 42.5 Å². The van der Waals surface area contributed by atoms with E-state index in [9.17, 15) is 0 Å². The Kier molecular flexibility index (Phi) is 4.34.